The molecule has 1 saturated heterocycles. The highest BCUT2D eigenvalue weighted by Crippen LogP contribution is 2.28. The second-order valence-electron chi connectivity index (χ2n) is 6.48. The van der Waals surface area contributed by atoms with Gasteiger partial charge in [-0.2, -0.15) is 5.10 Å². The Kier molecular flexibility index (Phi) is 4.17. The summed E-state index contributed by atoms with van der Waals surface area (Å²) in [5.41, 5.74) is 3.47. The van der Waals surface area contributed by atoms with Crippen LogP contribution in [0.1, 0.15) is 30.2 Å². The molecular weight excluding hydrogens is 300 g/mol. The third kappa shape index (κ3) is 3.12. The number of rotatable bonds is 4. The first-order chi connectivity index (χ1) is 11.8. The molecule has 0 amide bonds. The van der Waals surface area contributed by atoms with Crippen molar-refractivity contribution in [2.45, 2.75) is 25.3 Å². The van der Waals surface area contributed by atoms with Gasteiger partial charge >= 0.3 is 0 Å². The standard InChI is InChI=1S/C19H22N4O/c1-22-17(13-18(21-22)15-5-3-2-4-6-15)14-23-11-8-16(9-12-23)19-7-10-20-24-19/h2-7,10,13,16H,8-9,11-12,14H2,1H3. The van der Waals surface area contributed by atoms with Crippen LogP contribution >= 0.6 is 0 Å². The molecule has 1 fully saturated rings. The molecule has 24 heavy (non-hydrogen) atoms. The van der Waals surface area contributed by atoms with Crippen molar-refractivity contribution in [2.24, 2.45) is 7.05 Å². The van der Waals surface area contributed by atoms with E-state index in [1.54, 1.807) is 6.20 Å². The Labute approximate surface area is 141 Å². The van der Waals surface area contributed by atoms with Crippen molar-refractivity contribution in [3.8, 4) is 11.3 Å². The summed E-state index contributed by atoms with van der Waals surface area (Å²) in [4.78, 5) is 2.50. The van der Waals surface area contributed by atoms with Crippen LogP contribution in [-0.4, -0.2) is 32.9 Å². The summed E-state index contributed by atoms with van der Waals surface area (Å²) in [5.74, 6) is 1.54. The zero-order valence-corrected chi connectivity index (χ0v) is 13.9. The van der Waals surface area contributed by atoms with Gasteiger partial charge in [-0.3, -0.25) is 9.58 Å². The van der Waals surface area contributed by atoms with Crippen LogP contribution in [0.3, 0.4) is 0 Å². The molecule has 0 atom stereocenters. The molecule has 1 aliphatic rings. The number of piperidine rings is 1. The quantitative estimate of drug-likeness (QED) is 0.738. The van der Waals surface area contributed by atoms with E-state index in [9.17, 15) is 0 Å². The molecule has 3 aromatic rings. The summed E-state index contributed by atoms with van der Waals surface area (Å²) >= 11 is 0. The van der Waals surface area contributed by atoms with Crippen LogP contribution < -0.4 is 0 Å². The monoisotopic (exact) mass is 322 g/mol. The second-order valence-corrected chi connectivity index (χ2v) is 6.48. The van der Waals surface area contributed by atoms with Gasteiger partial charge in [0.1, 0.15) is 5.76 Å². The van der Waals surface area contributed by atoms with Crippen molar-refractivity contribution in [1.82, 2.24) is 19.8 Å². The molecule has 0 bridgehead atoms. The van der Waals surface area contributed by atoms with E-state index < -0.39 is 0 Å². The third-order valence-corrected chi connectivity index (χ3v) is 4.88. The Hall–Kier alpha value is -2.40. The number of hydrogen-bond donors (Lipinski definition) is 0. The van der Waals surface area contributed by atoms with Crippen LogP contribution in [0.25, 0.3) is 11.3 Å². The van der Waals surface area contributed by atoms with E-state index in [1.165, 1.54) is 11.3 Å². The first-order valence-corrected chi connectivity index (χ1v) is 8.51. The predicted octanol–water partition coefficient (Wildman–Crippen LogP) is 3.45. The second kappa shape index (κ2) is 6.61. The van der Waals surface area contributed by atoms with Crippen molar-refractivity contribution in [2.75, 3.05) is 13.1 Å². The van der Waals surface area contributed by atoms with Crippen LogP contribution in [0.5, 0.6) is 0 Å². The van der Waals surface area contributed by atoms with Crippen LogP contribution in [-0.2, 0) is 13.6 Å². The Morgan fingerprint density at radius 1 is 1.12 bits per heavy atom. The number of aryl methyl sites for hydroxylation is 1. The van der Waals surface area contributed by atoms with E-state index in [-0.39, 0.29) is 0 Å². The fourth-order valence-electron chi connectivity index (χ4n) is 3.44. The molecule has 3 heterocycles. The number of benzene rings is 1. The van der Waals surface area contributed by atoms with Crippen LogP contribution in [0.2, 0.25) is 0 Å². The van der Waals surface area contributed by atoms with E-state index in [1.807, 2.05) is 23.9 Å². The van der Waals surface area contributed by atoms with Gasteiger partial charge in [0.05, 0.1) is 17.6 Å². The zero-order valence-electron chi connectivity index (χ0n) is 13.9. The Morgan fingerprint density at radius 2 is 1.92 bits per heavy atom. The Balaban J connectivity index is 1.41. The van der Waals surface area contributed by atoms with Crippen LogP contribution in [0, 0.1) is 0 Å². The molecule has 5 nitrogen and oxygen atoms in total. The predicted molar refractivity (Wildman–Crippen MR) is 92.4 cm³/mol. The van der Waals surface area contributed by atoms with E-state index in [4.69, 9.17) is 4.52 Å². The third-order valence-electron chi connectivity index (χ3n) is 4.88. The molecule has 124 valence electrons. The lowest BCUT2D eigenvalue weighted by Gasteiger charge is -2.30. The SMILES string of the molecule is Cn1nc(-c2ccccc2)cc1CN1CCC(c2ccno2)CC1. The molecule has 1 aromatic carbocycles. The first kappa shape index (κ1) is 15.1. The van der Waals surface area contributed by atoms with Crippen molar-refractivity contribution in [3.63, 3.8) is 0 Å². The van der Waals surface area contributed by atoms with Gasteiger partial charge < -0.3 is 4.52 Å². The van der Waals surface area contributed by atoms with E-state index in [0.717, 1.165) is 43.9 Å². The van der Waals surface area contributed by atoms with Gasteiger partial charge in [-0.05, 0) is 32.0 Å². The molecule has 0 N–H and O–H groups in total. The molecule has 4 rings (SSSR count). The fraction of sp³-hybridized carbons (Fsp3) is 0.368. The smallest absolute Gasteiger partial charge is 0.139 e. The zero-order chi connectivity index (χ0) is 16.4. The summed E-state index contributed by atoms with van der Waals surface area (Å²) < 4.78 is 7.32. The summed E-state index contributed by atoms with van der Waals surface area (Å²) in [5, 5.41) is 8.50. The minimum absolute atomic E-state index is 0.509. The van der Waals surface area contributed by atoms with Gasteiger partial charge in [-0.25, -0.2) is 0 Å². The van der Waals surface area contributed by atoms with Crippen molar-refractivity contribution < 1.29 is 4.52 Å². The van der Waals surface area contributed by atoms with Gasteiger partial charge in [0.25, 0.3) is 0 Å². The van der Waals surface area contributed by atoms with Gasteiger partial charge in [0, 0.05) is 31.1 Å². The average molecular weight is 322 g/mol. The molecule has 0 aliphatic carbocycles. The van der Waals surface area contributed by atoms with E-state index in [0.29, 0.717) is 5.92 Å². The molecule has 2 aromatic heterocycles. The van der Waals surface area contributed by atoms with Crippen LogP contribution in [0.4, 0.5) is 0 Å². The summed E-state index contributed by atoms with van der Waals surface area (Å²) in [7, 11) is 2.03. The minimum Gasteiger partial charge on any atom is -0.361 e. The lowest BCUT2D eigenvalue weighted by molar-refractivity contribution is 0.186. The minimum atomic E-state index is 0.509. The molecule has 0 unspecified atom stereocenters. The summed E-state index contributed by atoms with van der Waals surface area (Å²) in [6.07, 6.45) is 3.99. The highest BCUT2D eigenvalue weighted by Gasteiger charge is 2.23. The highest BCUT2D eigenvalue weighted by molar-refractivity contribution is 5.59. The molecular formula is C19H22N4O. The number of likely N-dealkylation sites (tertiary alicyclic amines) is 1. The topological polar surface area (TPSA) is 47.1 Å². The fourth-order valence-corrected chi connectivity index (χ4v) is 3.44. The molecule has 0 radical (unpaired) electrons. The molecule has 1 aliphatic heterocycles. The largest absolute Gasteiger partial charge is 0.361 e. The normalized spacial score (nSPS) is 16.5. The lowest BCUT2D eigenvalue weighted by atomic mass is 9.94. The maximum atomic E-state index is 5.32. The summed E-state index contributed by atoms with van der Waals surface area (Å²) in [6, 6.07) is 14.6. The van der Waals surface area contributed by atoms with Gasteiger partial charge in [-0.1, -0.05) is 35.5 Å². The summed E-state index contributed by atoms with van der Waals surface area (Å²) in [6.45, 7) is 3.11. The van der Waals surface area contributed by atoms with Crippen molar-refractivity contribution in [1.29, 1.82) is 0 Å². The molecule has 0 saturated carbocycles. The van der Waals surface area contributed by atoms with Gasteiger partial charge in [0.2, 0.25) is 0 Å². The number of aromatic nitrogens is 3. The van der Waals surface area contributed by atoms with Gasteiger partial charge in [-0.15, -0.1) is 0 Å². The number of hydrogen-bond acceptors (Lipinski definition) is 4. The van der Waals surface area contributed by atoms with E-state index >= 15 is 0 Å². The Bertz CT molecular complexity index is 771. The highest BCUT2D eigenvalue weighted by atomic mass is 16.5. The van der Waals surface area contributed by atoms with Gasteiger partial charge in [0.15, 0.2) is 0 Å². The van der Waals surface area contributed by atoms with Crippen molar-refractivity contribution in [3.05, 3.63) is 60.1 Å². The van der Waals surface area contributed by atoms with Crippen LogP contribution in [0.15, 0.2) is 53.2 Å². The molecule has 5 heteroatoms. The maximum Gasteiger partial charge on any atom is 0.139 e. The average Bonchev–Trinajstić information content (AvgIpc) is 3.27. The lowest BCUT2D eigenvalue weighted by Crippen LogP contribution is -2.33. The number of nitrogens with zero attached hydrogens (tertiary/aromatic N) is 4. The Morgan fingerprint density at radius 3 is 2.62 bits per heavy atom. The maximum absolute atomic E-state index is 5.32. The van der Waals surface area contributed by atoms with Crippen molar-refractivity contribution >= 4 is 0 Å². The first-order valence-electron chi connectivity index (χ1n) is 8.51. The van der Waals surface area contributed by atoms with E-state index in [2.05, 4.69) is 45.5 Å². The molecule has 0 spiro atoms.